The van der Waals surface area contributed by atoms with Gasteiger partial charge >= 0.3 is 0 Å². The number of aliphatic hydroxyl groups is 2. The number of hydrogen-bond acceptors (Lipinski definition) is 5. The first-order valence-electron chi connectivity index (χ1n) is 7.60. The summed E-state index contributed by atoms with van der Waals surface area (Å²) in [6, 6.07) is 7.32. The highest BCUT2D eigenvalue weighted by molar-refractivity contribution is 7.13. The average Bonchev–Trinajstić information content (AvgIpc) is 2.97. The zero-order chi connectivity index (χ0) is 16.8. The van der Waals surface area contributed by atoms with E-state index in [4.69, 9.17) is 0 Å². The molecule has 1 heterocycles. The van der Waals surface area contributed by atoms with E-state index in [1.54, 1.807) is 18.3 Å². The van der Waals surface area contributed by atoms with Crippen LogP contribution >= 0.6 is 11.3 Å². The maximum Gasteiger partial charge on any atom is 0.220 e. The Kier molecular flexibility index (Phi) is 6.27. The standard InChI is InChI=1S/C17H22N2O3S/c1-11(21)3-8-16(22)19-15(9-20)13-4-6-14(7-5-13)17-12(2)18-10-23-17/h4-7,10-11,15,20-21H,3,8-9H2,1-2H3,(H,19,22)/t11-,15?/m0/s1. The van der Waals surface area contributed by atoms with E-state index in [1.165, 1.54) is 0 Å². The molecule has 1 amide bonds. The van der Waals surface area contributed by atoms with Crippen LogP contribution in [0.2, 0.25) is 0 Å². The van der Waals surface area contributed by atoms with Gasteiger partial charge in [-0.3, -0.25) is 4.79 Å². The molecule has 3 N–H and O–H groups in total. The van der Waals surface area contributed by atoms with Gasteiger partial charge in [0.2, 0.25) is 5.91 Å². The first kappa shape index (κ1) is 17.6. The van der Waals surface area contributed by atoms with Gasteiger partial charge in [-0.05, 0) is 31.4 Å². The maximum atomic E-state index is 11.8. The number of carbonyl (C=O) groups is 1. The first-order chi connectivity index (χ1) is 11.0. The van der Waals surface area contributed by atoms with Crippen LogP contribution in [0.4, 0.5) is 0 Å². The Morgan fingerprint density at radius 1 is 1.35 bits per heavy atom. The third kappa shape index (κ3) is 4.86. The molecule has 0 aliphatic rings. The van der Waals surface area contributed by atoms with Crippen molar-refractivity contribution in [3.63, 3.8) is 0 Å². The number of aryl methyl sites for hydroxylation is 1. The smallest absolute Gasteiger partial charge is 0.220 e. The molecule has 2 rings (SSSR count). The number of rotatable bonds is 7. The van der Waals surface area contributed by atoms with Crippen molar-refractivity contribution in [3.05, 3.63) is 41.0 Å². The van der Waals surface area contributed by atoms with Crippen molar-refractivity contribution < 1.29 is 15.0 Å². The van der Waals surface area contributed by atoms with Crippen molar-refractivity contribution in [2.24, 2.45) is 0 Å². The maximum absolute atomic E-state index is 11.8. The number of nitrogens with zero attached hydrogens (tertiary/aromatic N) is 1. The molecule has 0 spiro atoms. The minimum Gasteiger partial charge on any atom is -0.394 e. The number of benzene rings is 1. The lowest BCUT2D eigenvalue weighted by Gasteiger charge is -2.17. The largest absolute Gasteiger partial charge is 0.394 e. The van der Waals surface area contributed by atoms with E-state index in [1.807, 2.05) is 36.7 Å². The summed E-state index contributed by atoms with van der Waals surface area (Å²) in [4.78, 5) is 17.2. The van der Waals surface area contributed by atoms with Crippen LogP contribution in [0.15, 0.2) is 29.8 Å². The summed E-state index contributed by atoms with van der Waals surface area (Å²) in [5, 5.41) is 21.5. The van der Waals surface area contributed by atoms with Crippen LogP contribution in [0.3, 0.4) is 0 Å². The van der Waals surface area contributed by atoms with Gasteiger partial charge in [-0.15, -0.1) is 11.3 Å². The number of amides is 1. The molecule has 1 aromatic carbocycles. The van der Waals surface area contributed by atoms with Crippen LogP contribution < -0.4 is 5.32 Å². The predicted molar refractivity (Wildman–Crippen MR) is 91.2 cm³/mol. The van der Waals surface area contributed by atoms with E-state index < -0.39 is 12.1 Å². The number of nitrogens with one attached hydrogen (secondary N) is 1. The highest BCUT2D eigenvalue weighted by Crippen LogP contribution is 2.28. The summed E-state index contributed by atoms with van der Waals surface area (Å²) < 4.78 is 0. The third-order valence-corrected chi connectivity index (χ3v) is 4.61. The predicted octanol–water partition coefficient (Wildman–Crippen LogP) is 2.43. The zero-order valence-electron chi connectivity index (χ0n) is 13.3. The average molecular weight is 334 g/mol. The number of hydrogen-bond donors (Lipinski definition) is 3. The highest BCUT2D eigenvalue weighted by Gasteiger charge is 2.14. The van der Waals surface area contributed by atoms with Gasteiger partial charge in [-0.25, -0.2) is 4.98 Å². The molecule has 0 aliphatic heterocycles. The van der Waals surface area contributed by atoms with Gasteiger partial charge in [-0.1, -0.05) is 24.3 Å². The molecule has 0 saturated heterocycles. The van der Waals surface area contributed by atoms with E-state index >= 15 is 0 Å². The second-order valence-corrected chi connectivity index (χ2v) is 6.43. The van der Waals surface area contributed by atoms with Crippen molar-refractivity contribution in [1.82, 2.24) is 10.3 Å². The van der Waals surface area contributed by atoms with Crippen LogP contribution in [0.25, 0.3) is 10.4 Å². The minimum absolute atomic E-state index is 0.167. The van der Waals surface area contributed by atoms with E-state index in [-0.39, 0.29) is 18.9 Å². The van der Waals surface area contributed by atoms with Gasteiger partial charge in [0.1, 0.15) is 0 Å². The van der Waals surface area contributed by atoms with Crippen molar-refractivity contribution in [1.29, 1.82) is 0 Å². The van der Waals surface area contributed by atoms with Crippen LogP contribution in [0, 0.1) is 6.92 Å². The monoisotopic (exact) mass is 334 g/mol. The molecule has 2 aromatic rings. The molecule has 0 aliphatic carbocycles. The SMILES string of the molecule is Cc1ncsc1-c1ccc(C(CO)NC(=O)CC[C@H](C)O)cc1. The fraction of sp³-hybridized carbons (Fsp3) is 0.412. The number of aromatic nitrogens is 1. The highest BCUT2D eigenvalue weighted by atomic mass is 32.1. The molecular formula is C17H22N2O3S. The fourth-order valence-corrected chi connectivity index (χ4v) is 3.10. The summed E-state index contributed by atoms with van der Waals surface area (Å²) in [6.45, 7) is 3.45. The van der Waals surface area contributed by atoms with Crippen molar-refractivity contribution in [2.45, 2.75) is 38.8 Å². The normalized spacial score (nSPS) is 13.6. The molecule has 23 heavy (non-hydrogen) atoms. The molecular weight excluding hydrogens is 312 g/mol. The van der Waals surface area contributed by atoms with E-state index in [0.717, 1.165) is 21.7 Å². The second-order valence-electron chi connectivity index (χ2n) is 5.58. The molecule has 1 aromatic heterocycles. The zero-order valence-corrected chi connectivity index (χ0v) is 14.1. The number of carbonyl (C=O) groups excluding carboxylic acids is 1. The first-order valence-corrected chi connectivity index (χ1v) is 8.48. The molecule has 0 saturated carbocycles. The van der Waals surface area contributed by atoms with Gasteiger partial charge in [0.05, 0.1) is 34.8 Å². The number of thiazole rings is 1. The van der Waals surface area contributed by atoms with E-state index in [9.17, 15) is 15.0 Å². The van der Waals surface area contributed by atoms with Gasteiger partial charge in [0.15, 0.2) is 0 Å². The molecule has 0 bridgehead atoms. The quantitative estimate of drug-likeness (QED) is 0.726. The van der Waals surface area contributed by atoms with Crippen LogP contribution in [0.1, 0.15) is 37.1 Å². The Balaban J connectivity index is 2.04. The van der Waals surface area contributed by atoms with Gasteiger partial charge in [0.25, 0.3) is 0 Å². The second kappa shape index (κ2) is 8.19. The molecule has 6 heteroatoms. The van der Waals surface area contributed by atoms with Gasteiger partial charge < -0.3 is 15.5 Å². The van der Waals surface area contributed by atoms with Crippen LogP contribution in [-0.2, 0) is 4.79 Å². The van der Waals surface area contributed by atoms with Crippen LogP contribution in [-0.4, -0.2) is 33.8 Å². The molecule has 0 radical (unpaired) electrons. The van der Waals surface area contributed by atoms with Crippen molar-refractivity contribution >= 4 is 17.2 Å². The third-order valence-electron chi connectivity index (χ3n) is 3.63. The lowest BCUT2D eigenvalue weighted by atomic mass is 10.0. The lowest BCUT2D eigenvalue weighted by Crippen LogP contribution is -2.31. The Morgan fingerprint density at radius 2 is 2.04 bits per heavy atom. The summed E-state index contributed by atoms with van der Waals surface area (Å²) in [6.07, 6.45) is 0.148. The van der Waals surface area contributed by atoms with Crippen molar-refractivity contribution in [2.75, 3.05) is 6.61 Å². The Bertz CT molecular complexity index is 638. The molecule has 1 unspecified atom stereocenters. The molecule has 5 nitrogen and oxygen atoms in total. The summed E-state index contributed by atoms with van der Waals surface area (Å²) in [7, 11) is 0. The van der Waals surface area contributed by atoms with Crippen LogP contribution in [0.5, 0.6) is 0 Å². The summed E-state index contributed by atoms with van der Waals surface area (Å²) in [5.41, 5.74) is 4.74. The number of aliphatic hydroxyl groups excluding tert-OH is 2. The Hall–Kier alpha value is -1.76. The topological polar surface area (TPSA) is 82.5 Å². The van der Waals surface area contributed by atoms with Gasteiger partial charge in [-0.2, -0.15) is 0 Å². The molecule has 2 atom stereocenters. The summed E-state index contributed by atoms with van der Waals surface area (Å²) in [5.74, 6) is -0.174. The fourth-order valence-electron chi connectivity index (χ4n) is 2.29. The summed E-state index contributed by atoms with van der Waals surface area (Å²) >= 11 is 1.59. The Labute approximate surface area is 140 Å². The van der Waals surface area contributed by atoms with E-state index in [2.05, 4.69) is 10.3 Å². The Morgan fingerprint density at radius 3 is 2.57 bits per heavy atom. The lowest BCUT2D eigenvalue weighted by molar-refractivity contribution is -0.122. The van der Waals surface area contributed by atoms with E-state index in [0.29, 0.717) is 6.42 Å². The molecule has 124 valence electrons. The van der Waals surface area contributed by atoms with Crippen molar-refractivity contribution in [3.8, 4) is 10.4 Å². The molecule has 0 fully saturated rings. The minimum atomic E-state index is -0.504. The van der Waals surface area contributed by atoms with Gasteiger partial charge in [0, 0.05) is 6.42 Å².